The number of hydrogen-bond acceptors (Lipinski definition) is 19. The van der Waals surface area contributed by atoms with Crippen molar-refractivity contribution in [1.82, 2.24) is 14.7 Å². The Labute approximate surface area is 698 Å². The summed E-state index contributed by atoms with van der Waals surface area (Å²) in [5.74, 6) is 13.3. The van der Waals surface area contributed by atoms with Crippen LogP contribution in [0.5, 0.6) is 40.2 Å². The monoisotopic (exact) mass is 1710 g/mol. The summed E-state index contributed by atoms with van der Waals surface area (Å²) in [7, 11) is 0.146. The first kappa shape index (κ1) is 83.3. The number of alkyl halides is 9. The number of ether oxygens (including phenoxy) is 3. The fraction of sp³-hybridized carbons (Fsp3) is 0.326. The predicted octanol–water partition coefficient (Wildman–Crippen LogP) is 17.5. The van der Waals surface area contributed by atoms with Crippen LogP contribution >= 0.6 is 15.9 Å². The molecule has 3 unspecified atom stereocenters. The third-order valence-electron chi connectivity index (χ3n) is 21.5. The number of amidine groups is 3. The van der Waals surface area contributed by atoms with Crippen molar-refractivity contribution in [2.75, 3.05) is 39.3 Å². The molecule has 19 nitrogen and oxygen atoms in total. The number of aryl methyl sites for hydroxylation is 1. The molecule has 0 bridgehead atoms. The number of nitrogens with zero attached hydrogens (tertiary/aromatic N) is 9. The molecule has 12 aliphatic rings. The lowest BCUT2D eigenvalue weighted by atomic mass is 9.81. The summed E-state index contributed by atoms with van der Waals surface area (Å²) in [5.41, 5.74) is 22.7. The largest absolute Gasteiger partial charge is 0.624 e. The van der Waals surface area contributed by atoms with Crippen LogP contribution in [0.1, 0.15) is 122 Å². The molecule has 620 valence electrons. The third kappa shape index (κ3) is 20.0. The molecule has 8 aliphatic heterocycles. The Kier molecular flexibility index (Phi) is 24.7. The number of fused-ring (bicyclic) bond motifs is 5. The van der Waals surface area contributed by atoms with Gasteiger partial charge >= 0.3 is 33.9 Å². The summed E-state index contributed by atoms with van der Waals surface area (Å²) in [6.07, 6.45) is 12.2. The first-order valence-electron chi connectivity index (χ1n) is 40.0. The molecule has 8 aromatic rings. The maximum Gasteiger partial charge on any atom is 0.624 e. The molecule has 0 aromatic heterocycles. The summed E-state index contributed by atoms with van der Waals surface area (Å²) < 4.78 is 148. The Hall–Kier alpha value is -11.8. The van der Waals surface area contributed by atoms with Crippen molar-refractivity contribution in [2.45, 2.75) is 119 Å². The van der Waals surface area contributed by atoms with E-state index in [1.54, 1.807) is 36.4 Å². The van der Waals surface area contributed by atoms with E-state index in [0.29, 0.717) is 105 Å². The van der Waals surface area contributed by atoms with Crippen LogP contribution in [0, 0.1) is 36.0 Å². The Morgan fingerprint density at radius 1 is 0.475 bits per heavy atom. The molecule has 3 atom stereocenters. The number of hydrogen-bond donors (Lipinski definition) is 3. The molecule has 0 amide bonds. The maximum atomic E-state index is 12.6. The van der Waals surface area contributed by atoms with Gasteiger partial charge in [-0.3, -0.25) is 29.7 Å². The molecule has 4 saturated carbocycles. The number of guanidine groups is 3. The molecule has 8 heterocycles. The Balaban J connectivity index is 0.000000121. The molecule has 0 radical (unpaired) electrons. The van der Waals surface area contributed by atoms with Crippen LogP contribution in [-0.2, 0) is 23.0 Å². The predicted molar refractivity (Wildman–Crippen MR) is 449 cm³/mol. The van der Waals surface area contributed by atoms with Crippen molar-refractivity contribution in [3.05, 3.63) is 261 Å². The van der Waals surface area contributed by atoms with Gasteiger partial charge in [-0.15, -0.1) is 51.9 Å². The lowest BCUT2D eigenvalue weighted by molar-refractivity contribution is -0.275. The number of benzene rings is 8. The molecule has 31 heteroatoms. The number of para-hydroxylation sites is 4. The van der Waals surface area contributed by atoms with Crippen molar-refractivity contribution in [3.8, 4) is 52.6 Å². The lowest BCUT2D eigenvalue weighted by Gasteiger charge is -2.33. The van der Waals surface area contributed by atoms with Gasteiger partial charge in [0.25, 0.3) is 0 Å². The van der Waals surface area contributed by atoms with Crippen LogP contribution in [0.2, 0.25) is 0 Å². The van der Waals surface area contributed by atoms with Crippen LogP contribution < -0.4 is 50.0 Å². The van der Waals surface area contributed by atoms with Gasteiger partial charge in [0.05, 0.1) is 0 Å². The van der Waals surface area contributed by atoms with Gasteiger partial charge in [0.1, 0.15) is 57.8 Å². The highest BCUT2D eigenvalue weighted by Crippen LogP contribution is 2.48. The van der Waals surface area contributed by atoms with E-state index in [2.05, 4.69) is 77.5 Å². The van der Waals surface area contributed by atoms with Crippen LogP contribution in [0.25, 0.3) is 6.08 Å². The molecular weight excluding hydrogens is 1620 g/mol. The molecule has 6 N–H and O–H groups in total. The zero-order valence-electron chi connectivity index (χ0n) is 65.3. The topological polar surface area (TPSA) is 227 Å². The zero-order valence-corrected chi connectivity index (χ0v) is 66.9. The molecule has 120 heavy (non-hydrogen) atoms. The second kappa shape index (κ2) is 35.6. The van der Waals surface area contributed by atoms with Crippen molar-refractivity contribution < 1.29 is 72.3 Å². The molecular formula is C89H86B2BrF9N12O7. The van der Waals surface area contributed by atoms with Gasteiger partial charge in [-0.05, 0) is 218 Å². The van der Waals surface area contributed by atoms with Gasteiger partial charge in [-0.2, -0.15) is 0 Å². The summed E-state index contributed by atoms with van der Waals surface area (Å²) >= 11 is 3.48. The quantitative estimate of drug-likeness (QED) is 0.0465. The number of aliphatic imine (C=N–C) groups is 6. The highest BCUT2D eigenvalue weighted by molar-refractivity contribution is 9.10. The third-order valence-corrected chi connectivity index (χ3v) is 22.0. The van der Waals surface area contributed by atoms with Crippen LogP contribution in [0.15, 0.2) is 247 Å². The smallest absolute Gasteiger partial charge is 0.526 e. The van der Waals surface area contributed by atoms with Gasteiger partial charge in [-0.25, -0.2) is 15.0 Å². The van der Waals surface area contributed by atoms with E-state index >= 15 is 0 Å². The molecule has 20 rings (SSSR count). The second-order valence-electron chi connectivity index (χ2n) is 30.5. The first-order valence-corrected chi connectivity index (χ1v) is 40.8. The number of nitrogens with two attached hydrogens (primary N) is 3. The minimum Gasteiger partial charge on any atom is -0.526 e. The fourth-order valence-corrected chi connectivity index (χ4v) is 15.5. The molecule has 8 aromatic carbocycles. The SMILES string of the molecule is B1Oc2ccccc2O1.C#CC1CC1.C(=C\C1CC1)/B1Oc2ccccc2O1.NC1=NC(c2ccc(OC(F)(F)F)cc2)(c2cccc(/C=C/C3CC3)c2)C2=NCCCN12.NC1=NC(c2ccc(OC(F)(F)F)cc2)(c2cccc(Br)c2)C2=NCCCN12.NC1=NC(c2ccc(OC(F)(F)F)cc2)(c2cccc(CCC3CC3)c2)C2=NCCCN12. The van der Waals surface area contributed by atoms with Crippen LogP contribution in [0.4, 0.5) is 39.5 Å². The van der Waals surface area contributed by atoms with Gasteiger partial charge in [0.15, 0.2) is 34.5 Å². The molecule has 4 fully saturated rings. The van der Waals surface area contributed by atoms with E-state index in [1.807, 2.05) is 124 Å². The average molecular weight is 1710 g/mol. The molecule has 0 spiro atoms. The highest BCUT2D eigenvalue weighted by atomic mass is 79.9. The highest BCUT2D eigenvalue weighted by Gasteiger charge is 2.53. The normalized spacial score (nSPS) is 21.5. The Morgan fingerprint density at radius 3 is 1.27 bits per heavy atom. The minimum absolute atomic E-state index is 0.215. The maximum absolute atomic E-state index is 12.6. The summed E-state index contributed by atoms with van der Waals surface area (Å²) in [4.78, 5) is 34.4. The van der Waals surface area contributed by atoms with Crippen molar-refractivity contribution in [1.29, 1.82) is 0 Å². The summed E-state index contributed by atoms with van der Waals surface area (Å²) in [6, 6.07) is 56.6. The lowest BCUT2D eigenvalue weighted by Crippen LogP contribution is -2.46. The van der Waals surface area contributed by atoms with E-state index in [-0.39, 0.29) is 24.4 Å². The number of terminal acetylenes is 1. The van der Waals surface area contributed by atoms with Gasteiger partial charge < -0.3 is 50.0 Å². The Bertz CT molecular complexity index is 5260. The minimum atomic E-state index is -4.75. The van der Waals surface area contributed by atoms with E-state index in [0.717, 1.165) is 93.1 Å². The summed E-state index contributed by atoms with van der Waals surface area (Å²) in [6.45, 7) is 4.05. The van der Waals surface area contributed by atoms with Gasteiger partial charge in [0, 0.05) is 49.7 Å². The zero-order chi connectivity index (χ0) is 83.8. The van der Waals surface area contributed by atoms with Gasteiger partial charge in [-0.1, -0.05) is 162 Å². The van der Waals surface area contributed by atoms with E-state index in [4.69, 9.17) is 67.2 Å². The van der Waals surface area contributed by atoms with Crippen LogP contribution in [0.3, 0.4) is 0 Å². The number of rotatable bonds is 16. The van der Waals surface area contributed by atoms with Crippen LogP contribution in [-0.4, -0.2) is 123 Å². The molecule has 0 saturated heterocycles. The number of halogens is 10. The average Bonchev–Trinajstić information content (AvgIpc) is 1.55. The van der Waals surface area contributed by atoms with Crippen molar-refractivity contribution >= 4 is 72.2 Å². The summed E-state index contributed by atoms with van der Waals surface area (Å²) in [5, 5.41) is 0. The first-order chi connectivity index (χ1) is 57.8. The van der Waals surface area contributed by atoms with Crippen molar-refractivity contribution in [3.63, 3.8) is 0 Å². The van der Waals surface area contributed by atoms with E-state index in [1.165, 1.54) is 99.7 Å². The van der Waals surface area contributed by atoms with E-state index in [9.17, 15) is 39.5 Å². The van der Waals surface area contributed by atoms with Gasteiger partial charge in [0.2, 0.25) is 0 Å². The fourth-order valence-electron chi connectivity index (χ4n) is 15.1. The molecule has 4 aliphatic carbocycles. The van der Waals surface area contributed by atoms with Crippen molar-refractivity contribution in [2.24, 2.45) is 70.8 Å². The Morgan fingerprint density at radius 2 is 0.875 bits per heavy atom. The second-order valence-corrected chi connectivity index (χ2v) is 31.4. The standard InChI is InChI=1S/C24H25F3N4O.C24H23F3N4O.C19H16BrF3N4O.C11H11BO2.C6H5BO2.C5H6/c2*25-24(26,27)32-20-11-9-18(10-12-20)23(21-29-13-2-14-31(21)22(28)30-23)19-4-1-3-17(15-19)8-7-16-5-6-16;20-14-4-1-3-13(11-14)18(16-25-9-2-10-27(16)17(24)26-18)12-5-7-15(8-6-12)28-19(21,22)23;1-2-4-11-10(3-1)13-12(14-11)8-7-9-5-6-9;1-2-4-6-5(3-1)8-7-9-6;1-2-5-3-4-5/h1,3-4,9-12,15-16H,2,5-8,13-14H2,(H2,28,30);1,3-4,7-12,15-16H,2,5-6,13-14H2,(H2,28,30);1,3-8,11H,2,9-10H2,(H2,24,26);1-4,7-9H,5-6H2;1-4,7H;1,5H,3-4H2/b;8-7+;;8-7+;;. The van der Waals surface area contributed by atoms with E-state index < -0.39 is 35.7 Å². The number of allylic oxidation sites excluding steroid dienone is 2.